The molecule has 0 amide bonds. The van der Waals surface area contributed by atoms with E-state index in [0.29, 0.717) is 38.8 Å². The zero-order valence-corrected chi connectivity index (χ0v) is 29.5. The van der Waals surface area contributed by atoms with E-state index in [1.807, 2.05) is 93.6 Å². The number of hydrogen-bond donors (Lipinski definition) is 0. The van der Waals surface area contributed by atoms with Crippen LogP contribution in [-0.2, 0) is 26.5 Å². The first-order valence-electron chi connectivity index (χ1n) is 19.6. The summed E-state index contributed by atoms with van der Waals surface area (Å²) in [5.74, 6) is 0. The van der Waals surface area contributed by atoms with Crippen molar-refractivity contribution in [2.45, 2.75) is 40.8 Å². The number of nitrogens with zero attached hydrogens (tertiary/aromatic N) is 3. The molecule has 0 spiro atoms. The Morgan fingerprint density at radius 3 is 2.22 bits per heavy atom. The Bertz CT molecular complexity index is 2670. The van der Waals surface area contributed by atoms with E-state index in [0.717, 1.165) is 33.2 Å². The minimum absolute atomic E-state index is 0. The molecule has 0 fully saturated rings. The third kappa shape index (κ3) is 7.39. The third-order valence-corrected chi connectivity index (χ3v) is 7.84. The van der Waals surface area contributed by atoms with Crippen molar-refractivity contribution in [3.8, 4) is 33.6 Å². The number of aryl methyl sites for hydroxylation is 2. The number of furan rings is 1. The van der Waals surface area contributed by atoms with Crippen LogP contribution in [0.2, 0.25) is 0 Å². The first kappa shape index (κ1) is 25.1. The molecule has 0 aliphatic heterocycles. The van der Waals surface area contributed by atoms with Crippen LogP contribution in [-0.4, -0.2) is 15.0 Å². The molecule has 0 bridgehead atoms. The summed E-state index contributed by atoms with van der Waals surface area (Å²) in [7, 11) is 0. The van der Waals surface area contributed by atoms with Gasteiger partial charge in [-0.25, -0.2) is 0 Å². The minimum Gasteiger partial charge on any atom is -0.500 e. The van der Waals surface area contributed by atoms with Crippen LogP contribution in [0.5, 0.6) is 0 Å². The Morgan fingerprint density at radius 1 is 0.694 bits per heavy atom. The van der Waals surface area contributed by atoms with E-state index in [-0.39, 0.29) is 31.4 Å². The summed E-state index contributed by atoms with van der Waals surface area (Å²) < 4.78 is 68.8. The Balaban J connectivity index is 0.000000194. The van der Waals surface area contributed by atoms with Crippen LogP contribution < -0.4 is 0 Å². The molecule has 8 aromatic rings. The van der Waals surface area contributed by atoms with Gasteiger partial charge in [0.05, 0.1) is 5.58 Å². The standard InChI is InChI=1S/C22H15N2O.C22H22N.Ir/c1-13-6-9-20(24-12-13)19-5-3-4-16-17-8-7-15-14(2)23-11-10-18(15)21(17)25-22(16)19;1-22(2,3)16-17-9-11-18(12-10-17)20-13-14-23-21(15-20)19-7-5-4-6-8-19;/h3-4,6-12H,1-2H3;4-7,9-15H,16H2,1-3H3;/q2*-1;/i1D3,2D3;16D2;. The van der Waals surface area contributed by atoms with Gasteiger partial charge in [0, 0.05) is 71.5 Å². The molecular weight excluding hydrogens is 779 g/mol. The van der Waals surface area contributed by atoms with Gasteiger partial charge in [-0.15, -0.1) is 54.1 Å². The number of benzene rings is 4. The molecule has 245 valence electrons. The summed E-state index contributed by atoms with van der Waals surface area (Å²) >= 11 is 0. The molecule has 4 aromatic heterocycles. The number of pyridine rings is 3. The maximum Gasteiger partial charge on any atom is 0.128 e. The van der Waals surface area contributed by atoms with E-state index < -0.39 is 25.5 Å². The summed E-state index contributed by atoms with van der Waals surface area (Å²) in [5, 5.41) is 2.84. The Labute approximate surface area is 312 Å². The molecule has 0 aliphatic carbocycles. The van der Waals surface area contributed by atoms with Crippen LogP contribution in [0.4, 0.5) is 0 Å². The quantitative estimate of drug-likeness (QED) is 0.166. The Kier molecular flexibility index (Phi) is 7.30. The number of aromatic nitrogens is 3. The molecule has 5 heteroatoms. The third-order valence-electron chi connectivity index (χ3n) is 7.84. The maximum atomic E-state index is 8.39. The van der Waals surface area contributed by atoms with Gasteiger partial charge in [-0.1, -0.05) is 86.3 Å². The summed E-state index contributed by atoms with van der Waals surface area (Å²) in [5.41, 5.74) is 6.62. The van der Waals surface area contributed by atoms with Crippen LogP contribution in [0.3, 0.4) is 0 Å². The molecule has 4 heterocycles. The number of hydrogen-bond acceptors (Lipinski definition) is 4. The van der Waals surface area contributed by atoms with E-state index in [1.54, 1.807) is 30.5 Å². The van der Waals surface area contributed by atoms with Crippen LogP contribution >= 0.6 is 0 Å². The fraction of sp³-hybridized carbons (Fsp3) is 0.159. The van der Waals surface area contributed by atoms with Crippen LogP contribution in [0.15, 0.2) is 126 Å². The zero-order valence-electron chi connectivity index (χ0n) is 35.1. The smallest absolute Gasteiger partial charge is 0.128 e. The molecule has 0 unspecified atom stereocenters. The summed E-state index contributed by atoms with van der Waals surface area (Å²) in [6.07, 6.45) is 3.22. The van der Waals surface area contributed by atoms with Gasteiger partial charge in [0.25, 0.3) is 0 Å². The van der Waals surface area contributed by atoms with E-state index >= 15 is 0 Å². The zero-order chi connectivity index (χ0) is 40.0. The predicted molar refractivity (Wildman–Crippen MR) is 198 cm³/mol. The average Bonchev–Trinajstić information content (AvgIpc) is 3.57. The van der Waals surface area contributed by atoms with Crippen molar-refractivity contribution in [2.24, 2.45) is 5.41 Å². The second kappa shape index (κ2) is 14.3. The predicted octanol–water partition coefficient (Wildman–Crippen LogP) is 11.4. The van der Waals surface area contributed by atoms with Gasteiger partial charge in [-0.2, -0.15) is 0 Å². The van der Waals surface area contributed by atoms with Crippen LogP contribution in [0.25, 0.3) is 66.4 Å². The fourth-order valence-electron chi connectivity index (χ4n) is 5.67. The molecule has 1 radical (unpaired) electrons. The van der Waals surface area contributed by atoms with E-state index in [1.165, 1.54) is 18.5 Å². The van der Waals surface area contributed by atoms with Gasteiger partial charge in [0.15, 0.2) is 0 Å². The largest absolute Gasteiger partial charge is 0.500 e. The van der Waals surface area contributed by atoms with E-state index in [4.69, 9.17) is 15.4 Å². The Hall–Kier alpha value is -4.96. The van der Waals surface area contributed by atoms with Gasteiger partial charge >= 0.3 is 0 Å². The fourth-order valence-corrected chi connectivity index (χ4v) is 5.67. The monoisotopic (exact) mass is 824 g/mol. The van der Waals surface area contributed by atoms with Gasteiger partial charge in [-0.05, 0) is 71.3 Å². The summed E-state index contributed by atoms with van der Waals surface area (Å²) in [4.78, 5) is 12.8. The van der Waals surface area contributed by atoms with Crippen molar-refractivity contribution in [1.29, 1.82) is 0 Å². The molecular formula is C44H37IrN3O-2. The first-order chi connectivity index (χ1) is 26.4. The van der Waals surface area contributed by atoms with Crippen LogP contribution in [0.1, 0.15) is 48.6 Å². The van der Waals surface area contributed by atoms with Crippen molar-refractivity contribution in [3.05, 3.63) is 151 Å². The van der Waals surface area contributed by atoms with Crippen molar-refractivity contribution in [1.82, 2.24) is 15.0 Å². The molecule has 4 aromatic carbocycles. The molecule has 0 atom stereocenters. The first-order valence-corrected chi connectivity index (χ1v) is 15.6. The topological polar surface area (TPSA) is 51.8 Å². The average molecular weight is 824 g/mol. The summed E-state index contributed by atoms with van der Waals surface area (Å²) in [6.45, 7) is 1.20. The second-order valence-corrected chi connectivity index (χ2v) is 12.5. The minimum atomic E-state index is -2.34. The van der Waals surface area contributed by atoms with E-state index in [9.17, 15) is 0 Å². The Morgan fingerprint density at radius 2 is 1.49 bits per heavy atom. The molecule has 0 N–H and O–H groups in total. The van der Waals surface area contributed by atoms with Gasteiger partial charge in [0.1, 0.15) is 5.58 Å². The molecule has 8 rings (SSSR count). The maximum absolute atomic E-state index is 8.39. The van der Waals surface area contributed by atoms with Gasteiger partial charge in [0.2, 0.25) is 0 Å². The van der Waals surface area contributed by atoms with Crippen molar-refractivity contribution >= 4 is 32.7 Å². The molecule has 49 heavy (non-hydrogen) atoms. The number of rotatable bonds is 4. The molecule has 0 saturated heterocycles. The molecule has 0 saturated carbocycles. The normalized spacial score (nSPS) is 14.5. The molecule has 0 aliphatic rings. The molecule has 4 nitrogen and oxygen atoms in total. The van der Waals surface area contributed by atoms with E-state index in [2.05, 4.69) is 27.1 Å². The SMILES string of the molecule is [2H]C([2H])([2H])c1ccc(-c2[c-]ccc3c2oc2c4ccnc(C([2H])([2H])[2H])c4ccc32)nc1.[2H]C([2H])(c1ccc(-c2ccnc(-c3[c-]cccc3)c2)cc1)C(C)(C)C.[Ir]. The van der Waals surface area contributed by atoms with Gasteiger partial charge in [-0.3, -0.25) is 4.98 Å². The summed E-state index contributed by atoms with van der Waals surface area (Å²) in [6, 6.07) is 38.0. The van der Waals surface area contributed by atoms with Crippen LogP contribution in [0, 0.1) is 31.3 Å². The number of fused-ring (bicyclic) bond motifs is 5. The second-order valence-electron chi connectivity index (χ2n) is 12.5. The van der Waals surface area contributed by atoms with Crippen molar-refractivity contribution < 1.29 is 35.5 Å². The van der Waals surface area contributed by atoms with Gasteiger partial charge < -0.3 is 14.4 Å². The van der Waals surface area contributed by atoms with Crippen molar-refractivity contribution in [3.63, 3.8) is 0 Å². The van der Waals surface area contributed by atoms with Crippen molar-refractivity contribution in [2.75, 3.05) is 0 Å².